The Morgan fingerprint density at radius 1 is 1.36 bits per heavy atom. The summed E-state index contributed by atoms with van der Waals surface area (Å²) in [5, 5.41) is 2.74. The third kappa shape index (κ3) is 6.46. The van der Waals surface area contributed by atoms with E-state index in [0.29, 0.717) is 5.92 Å². The number of carbonyl (C=O) groups excluding carboxylic acids is 2. The minimum atomic E-state index is -0.288. The van der Waals surface area contributed by atoms with Gasteiger partial charge < -0.3 is 10.1 Å². The second-order valence-electron chi connectivity index (χ2n) is 3.81. The quantitative estimate of drug-likeness (QED) is 0.678. The van der Waals surface area contributed by atoms with Crippen molar-refractivity contribution in [2.45, 2.75) is 39.7 Å². The molecule has 0 spiro atoms. The summed E-state index contributed by atoms with van der Waals surface area (Å²) in [5.41, 5.74) is 0. The first-order valence-corrected chi connectivity index (χ1v) is 4.79. The molecule has 1 atom stereocenters. The lowest BCUT2D eigenvalue weighted by molar-refractivity contribution is -0.141. The monoisotopic (exact) mass is 201 g/mol. The summed E-state index contributed by atoms with van der Waals surface area (Å²) in [6.07, 6.45) is 1.03. The number of rotatable bonds is 5. The van der Waals surface area contributed by atoms with Crippen LogP contribution in [0.15, 0.2) is 0 Å². The molecular weight excluding hydrogens is 182 g/mol. The van der Waals surface area contributed by atoms with Crippen molar-refractivity contribution in [3.63, 3.8) is 0 Å². The van der Waals surface area contributed by atoms with E-state index in [4.69, 9.17) is 0 Å². The van der Waals surface area contributed by atoms with Crippen molar-refractivity contribution in [2.24, 2.45) is 5.92 Å². The average Bonchev–Trinajstić information content (AvgIpc) is 2.01. The molecule has 0 aromatic carbocycles. The van der Waals surface area contributed by atoms with E-state index in [2.05, 4.69) is 10.1 Å². The van der Waals surface area contributed by atoms with Gasteiger partial charge in [-0.25, -0.2) is 0 Å². The highest BCUT2D eigenvalue weighted by molar-refractivity contribution is 5.75. The van der Waals surface area contributed by atoms with Gasteiger partial charge in [-0.1, -0.05) is 13.8 Å². The smallest absolute Gasteiger partial charge is 0.307 e. The molecule has 0 fully saturated rings. The number of esters is 1. The molecule has 0 rings (SSSR count). The van der Waals surface area contributed by atoms with Crippen LogP contribution in [-0.2, 0) is 14.3 Å². The van der Waals surface area contributed by atoms with E-state index >= 15 is 0 Å². The first-order chi connectivity index (χ1) is 6.45. The first-order valence-electron chi connectivity index (χ1n) is 4.79. The van der Waals surface area contributed by atoms with Crippen molar-refractivity contribution < 1.29 is 14.3 Å². The summed E-state index contributed by atoms with van der Waals surface area (Å²) < 4.78 is 4.55. The van der Waals surface area contributed by atoms with Crippen LogP contribution in [0.2, 0.25) is 0 Å². The van der Waals surface area contributed by atoms with Gasteiger partial charge in [0.1, 0.15) is 0 Å². The summed E-state index contributed by atoms with van der Waals surface area (Å²) in [6.45, 7) is 5.54. The van der Waals surface area contributed by atoms with Gasteiger partial charge in [0.2, 0.25) is 5.91 Å². The molecule has 4 nitrogen and oxygen atoms in total. The highest BCUT2D eigenvalue weighted by atomic mass is 16.5. The molecule has 0 bridgehead atoms. The van der Waals surface area contributed by atoms with Crippen LogP contribution in [0.1, 0.15) is 33.6 Å². The van der Waals surface area contributed by atoms with Crippen LogP contribution < -0.4 is 5.32 Å². The standard InChI is InChI=1S/C10H19NO3/c1-7(2)5-9(11-8(3)12)6-10(13)14-4/h7,9H,5-6H2,1-4H3,(H,11,12). The summed E-state index contributed by atoms with van der Waals surface area (Å²) in [5.74, 6) is 0.0421. The molecule has 1 amide bonds. The molecular formula is C10H19NO3. The average molecular weight is 201 g/mol. The maximum absolute atomic E-state index is 11.0. The minimum absolute atomic E-state index is 0.111. The zero-order valence-corrected chi connectivity index (χ0v) is 9.29. The molecule has 4 heteroatoms. The van der Waals surface area contributed by atoms with E-state index in [1.54, 1.807) is 0 Å². The van der Waals surface area contributed by atoms with Crippen molar-refractivity contribution in [1.29, 1.82) is 0 Å². The topological polar surface area (TPSA) is 55.4 Å². The fraction of sp³-hybridized carbons (Fsp3) is 0.800. The second-order valence-corrected chi connectivity index (χ2v) is 3.81. The molecule has 0 aromatic rings. The van der Waals surface area contributed by atoms with Gasteiger partial charge >= 0.3 is 5.97 Å². The lowest BCUT2D eigenvalue weighted by Gasteiger charge is -2.18. The zero-order valence-electron chi connectivity index (χ0n) is 9.29. The van der Waals surface area contributed by atoms with Crippen LogP contribution in [0.25, 0.3) is 0 Å². The molecule has 82 valence electrons. The molecule has 0 aliphatic rings. The lowest BCUT2D eigenvalue weighted by atomic mass is 10.0. The molecule has 0 aromatic heterocycles. The first kappa shape index (κ1) is 12.9. The van der Waals surface area contributed by atoms with Crippen LogP contribution >= 0.6 is 0 Å². The van der Waals surface area contributed by atoms with Gasteiger partial charge in [-0.3, -0.25) is 9.59 Å². The number of nitrogens with one attached hydrogen (secondary N) is 1. The Balaban J connectivity index is 4.09. The van der Waals surface area contributed by atoms with Crippen molar-refractivity contribution in [1.82, 2.24) is 5.32 Å². The molecule has 14 heavy (non-hydrogen) atoms. The van der Waals surface area contributed by atoms with E-state index in [0.717, 1.165) is 6.42 Å². The van der Waals surface area contributed by atoms with E-state index in [9.17, 15) is 9.59 Å². The molecule has 1 unspecified atom stereocenters. The van der Waals surface area contributed by atoms with E-state index in [1.807, 2.05) is 13.8 Å². The normalized spacial score (nSPS) is 12.4. The lowest BCUT2D eigenvalue weighted by Crippen LogP contribution is -2.36. The number of ether oxygens (including phenoxy) is 1. The maximum Gasteiger partial charge on any atom is 0.307 e. The molecule has 0 aliphatic heterocycles. The number of hydrogen-bond acceptors (Lipinski definition) is 3. The second kappa shape index (κ2) is 6.40. The Morgan fingerprint density at radius 2 is 1.93 bits per heavy atom. The maximum atomic E-state index is 11.0. The zero-order chi connectivity index (χ0) is 11.1. The summed E-state index contributed by atoms with van der Waals surface area (Å²) in [6, 6.07) is -0.111. The Hall–Kier alpha value is -1.06. The predicted molar refractivity (Wildman–Crippen MR) is 53.7 cm³/mol. The highest BCUT2D eigenvalue weighted by Crippen LogP contribution is 2.08. The Bertz CT molecular complexity index is 202. The van der Waals surface area contributed by atoms with Gasteiger partial charge in [-0.05, 0) is 12.3 Å². The van der Waals surface area contributed by atoms with Crippen molar-refractivity contribution in [3.05, 3.63) is 0 Å². The van der Waals surface area contributed by atoms with E-state index in [-0.39, 0.29) is 24.3 Å². The van der Waals surface area contributed by atoms with E-state index in [1.165, 1.54) is 14.0 Å². The predicted octanol–water partition coefficient (Wildman–Crippen LogP) is 1.10. The van der Waals surface area contributed by atoms with Crippen LogP contribution in [-0.4, -0.2) is 25.0 Å². The molecule has 0 radical (unpaired) electrons. The van der Waals surface area contributed by atoms with Crippen LogP contribution in [0.5, 0.6) is 0 Å². The van der Waals surface area contributed by atoms with Gasteiger partial charge in [0.25, 0.3) is 0 Å². The Morgan fingerprint density at radius 3 is 2.29 bits per heavy atom. The SMILES string of the molecule is COC(=O)CC(CC(C)C)NC(C)=O. The number of methoxy groups -OCH3 is 1. The minimum Gasteiger partial charge on any atom is -0.469 e. The highest BCUT2D eigenvalue weighted by Gasteiger charge is 2.16. The van der Waals surface area contributed by atoms with Gasteiger partial charge in [-0.2, -0.15) is 0 Å². The van der Waals surface area contributed by atoms with Gasteiger partial charge in [0, 0.05) is 13.0 Å². The number of amides is 1. The van der Waals surface area contributed by atoms with Crippen LogP contribution in [0.4, 0.5) is 0 Å². The Labute approximate surface area is 85.0 Å². The summed E-state index contributed by atoms with van der Waals surface area (Å²) in [7, 11) is 1.35. The summed E-state index contributed by atoms with van der Waals surface area (Å²) in [4.78, 5) is 21.9. The van der Waals surface area contributed by atoms with Crippen molar-refractivity contribution in [2.75, 3.05) is 7.11 Å². The van der Waals surface area contributed by atoms with Gasteiger partial charge in [0.15, 0.2) is 0 Å². The Kier molecular flexibility index (Phi) is 5.92. The fourth-order valence-electron chi connectivity index (χ4n) is 1.33. The van der Waals surface area contributed by atoms with Crippen molar-refractivity contribution in [3.8, 4) is 0 Å². The van der Waals surface area contributed by atoms with E-state index < -0.39 is 0 Å². The molecule has 0 aliphatic carbocycles. The van der Waals surface area contributed by atoms with Crippen molar-refractivity contribution >= 4 is 11.9 Å². The largest absolute Gasteiger partial charge is 0.469 e. The number of carbonyl (C=O) groups is 2. The van der Waals surface area contributed by atoms with Crippen LogP contribution in [0.3, 0.4) is 0 Å². The molecule has 0 saturated heterocycles. The summed E-state index contributed by atoms with van der Waals surface area (Å²) >= 11 is 0. The molecule has 0 saturated carbocycles. The molecule has 0 heterocycles. The van der Waals surface area contributed by atoms with Crippen LogP contribution in [0, 0.1) is 5.92 Å². The third-order valence-corrected chi connectivity index (χ3v) is 1.80. The third-order valence-electron chi connectivity index (χ3n) is 1.80. The number of hydrogen-bond donors (Lipinski definition) is 1. The fourth-order valence-corrected chi connectivity index (χ4v) is 1.33. The van der Waals surface area contributed by atoms with Gasteiger partial charge in [-0.15, -0.1) is 0 Å². The molecule has 1 N–H and O–H groups in total. The van der Waals surface area contributed by atoms with Gasteiger partial charge in [0.05, 0.1) is 13.5 Å².